The lowest BCUT2D eigenvalue weighted by molar-refractivity contribution is -0.0511. The van der Waals surface area contributed by atoms with E-state index in [1.165, 1.54) is 23.5 Å². The molecule has 1 fully saturated rings. The van der Waals surface area contributed by atoms with Crippen LogP contribution in [0.5, 0.6) is 11.5 Å². The Balaban J connectivity index is 1.86. The van der Waals surface area contributed by atoms with Crippen LogP contribution in [0.2, 0.25) is 0 Å². The second kappa shape index (κ2) is 9.54. The summed E-state index contributed by atoms with van der Waals surface area (Å²) in [6.45, 7) is -2.39. The Labute approximate surface area is 176 Å². The average molecular weight is 460 g/mol. The van der Waals surface area contributed by atoms with E-state index in [2.05, 4.69) is 10.1 Å². The highest BCUT2D eigenvalue weighted by atomic mass is 32.2. The maximum absolute atomic E-state index is 14.3. The number of carbonyl (C=O) groups is 1. The summed E-state index contributed by atoms with van der Waals surface area (Å²) in [6, 6.07) is 6.56. The number of hydrogen-bond donors (Lipinski definition) is 1. The number of morpholine rings is 1. The minimum absolute atomic E-state index is 0.00285. The van der Waals surface area contributed by atoms with Crippen LogP contribution in [0.4, 0.5) is 18.9 Å². The van der Waals surface area contributed by atoms with Gasteiger partial charge in [0.05, 0.1) is 30.8 Å². The highest BCUT2D eigenvalue weighted by molar-refractivity contribution is 7.89. The molecule has 1 amide bonds. The number of ether oxygens (including phenoxy) is 3. The van der Waals surface area contributed by atoms with Gasteiger partial charge in [0.25, 0.3) is 5.91 Å². The molecule has 0 aliphatic carbocycles. The van der Waals surface area contributed by atoms with E-state index in [-0.39, 0.29) is 48.4 Å². The van der Waals surface area contributed by atoms with Crippen molar-refractivity contribution in [2.45, 2.75) is 11.5 Å². The van der Waals surface area contributed by atoms with Crippen molar-refractivity contribution in [1.82, 2.24) is 4.31 Å². The van der Waals surface area contributed by atoms with Gasteiger partial charge in [-0.1, -0.05) is 0 Å². The van der Waals surface area contributed by atoms with Gasteiger partial charge in [-0.2, -0.15) is 13.1 Å². The maximum Gasteiger partial charge on any atom is 0.387 e. The molecule has 0 bridgehead atoms. The second-order valence-electron chi connectivity index (χ2n) is 6.36. The van der Waals surface area contributed by atoms with Gasteiger partial charge in [-0.05, 0) is 30.3 Å². The molecule has 0 saturated carbocycles. The van der Waals surface area contributed by atoms with Crippen molar-refractivity contribution in [2.24, 2.45) is 0 Å². The van der Waals surface area contributed by atoms with Crippen LogP contribution in [-0.4, -0.2) is 58.7 Å². The predicted molar refractivity (Wildman–Crippen MR) is 104 cm³/mol. The molecule has 1 aliphatic heterocycles. The Morgan fingerprint density at radius 3 is 2.48 bits per heavy atom. The SMILES string of the molecule is COc1ccc(NC(=O)c2cc(S(=O)(=O)N3CCOCC3)ccc2F)cc1OC(F)F. The average Bonchev–Trinajstić information content (AvgIpc) is 2.74. The van der Waals surface area contributed by atoms with E-state index in [9.17, 15) is 26.4 Å². The fraction of sp³-hybridized carbons (Fsp3) is 0.316. The van der Waals surface area contributed by atoms with Crippen LogP contribution in [0.15, 0.2) is 41.3 Å². The lowest BCUT2D eigenvalue weighted by Crippen LogP contribution is -2.40. The molecular weight excluding hydrogens is 441 g/mol. The third-order valence-corrected chi connectivity index (χ3v) is 6.32. The number of hydrogen-bond acceptors (Lipinski definition) is 6. The Hall–Kier alpha value is -2.83. The standard InChI is InChI=1S/C19H19F3N2O6S/c1-28-16-5-2-12(10-17(16)30-19(21)22)23-18(25)14-11-13(3-4-15(14)20)31(26,27)24-6-8-29-9-7-24/h2-5,10-11,19H,6-9H2,1H3,(H,23,25). The summed E-state index contributed by atoms with van der Waals surface area (Å²) in [5, 5.41) is 2.33. The first-order valence-corrected chi connectivity index (χ1v) is 10.5. The molecule has 1 aliphatic rings. The summed E-state index contributed by atoms with van der Waals surface area (Å²) >= 11 is 0. The molecule has 12 heteroatoms. The van der Waals surface area contributed by atoms with Crippen LogP contribution in [0.1, 0.15) is 10.4 Å². The molecular formula is C19H19F3N2O6S. The number of carbonyl (C=O) groups excluding carboxylic acids is 1. The van der Waals surface area contributed by atoms with Gasteiger partial charge in [0.1, 0.15) is 5.82 Å². The number of methoxy groups -OCH3 is 1. The molecule has 3 rings (SSSR count). The van der Waals surface area contributed by atoms with Gasteiger partial charge in [0.15, 0.2) is 11.5 Å². The van der Waals surface area contributed by atoms with Crippen LogP contribution < -0.4 is 14.8 Å². The molecule has 31 heavy (non-hydrogen) atoms. The van der Waals surface area contributed by atoms with Crippen LogP contribution >= 0.6 is 0 Å². The first-order valence-electron chi connectivity index (χ1n) is 9.04. The first-order chi connectivity index (χ1) is 14.7. The van der Waals surface area contributed by atoms with Gasteiger partial charge >= 0.3 is 6.61 Å². The monoisotopic (exact) mass is 460 g/mol. The van der Waals surface area contributed by atoms with Crippen LogP contribution in [0.3, 0.4) is 0 Å². The smallest absolute Gasteiger partial charge is 0.387 e. The number of amides is 1. The first kappa shape index (κ1) is 22.8. The van der Waals surface area contributed by atoms with Gasteiger partial charge in [0, 0.05) is 24.8 Å². The van der Waals surface area contributed by atoms with Crippen LogP contribution in [-0.2, 0) is 14.8 Å². The number of nitrogens with one attached hydrogen (secondary N) is 1. The Morgan fingerprint density at radius 2 is 1.84 bits per heavy atom. The number of alkyl halides is 2. The summed E-state index contributed by atoms with van der Waals surface area (Å²) in [5.41, 5.74) is -0.510. The number of sulfonamides is 1. The summed E-state index contributed by atoms with van der Waals surface area (Å²) in [7, 11) is -2.70. The summed E-state index contributed by atoms with van der Waals surface area (Å²) in [5.74, 6) is -2.25. The molecule has 0 atom stereocenters. The van der Waals surface area contributed by atoms with Gasteiger partial charge in [-0.3, -0.25) is 4.79 Å². The molecule has 0 radical (unpaired) electrons. The lowest BCUT2D eigenvalue weighted by atomic mass is 10.2. The molecule has 168 valence electrons. The largest absolute Gasteiger partial charge is 0.493 e. The molecule has 1 saturated heterocycles. The van der Waals surface area contributed by atoms with Gasteiger partial charge in [-0.15, -0.1) is 0 Å². The van der Waals surface area contributed by atoms with E-state index in [1.54, 1.807) is 0 Å². The van der Waals surface area contributed by atoms with Crippen LogP contribution in [0, 0.1) is 5.82 Å². The van der Waals surface area contributed by atoms with E-state index < -0.39 is 33.9 Å². The summed E-state index contributed by atoms with van der Waals surface area (Å²) in [4.78, 5) is 12.3. The van der Waals surface area contributed by atoms with Gasteiger partial charge in [0.2, 0.25) is 10.0 Å². The fourth-order valence-corrected chi connectivity index (χ4v) is 4.35. The zero-order valence-corrected chi connectivity index (χ0v) is 17.1. The van der Waals surface area contributed by atoms with Crippen molar-refractivity contribution in [2.75, 3.05) is 38.7 Å². The van der Waals surface area contributed by atoms with Crippen LogP contribution in [0.25, 0.3) is 0 Å². The number of nitrogens with zero attached hydrogens (tertiary/aromatic N) is 1. The van der Waals surface area contributed by atoms with Gasteiger partial charge in [-0.25, -0.2) is 12.8 Å². The highest BCUT2D eigenvalue weighted by Gasteiger charge is 2.28. The molecule has 8 nitrogen and oxygen atoms in total. The van der Waals surface area contributed by atoms with Crippen molar-refractivity contribution >= 4 is 21.6 Å². The third-order valence-electron chi connectivity index (χ3n) is 4.43. The number of halogens is 3. The second-order valence-corrected chi connectivity index (χ2v) is 8.29. The topological polar surface area (TPSA) is 94.2 Å². The zero-order chi connectivity index (χ0) is 22.6. The van der Waals surface area contributed by atoms with Gasteiger partial charge < -0.3 is 19.5 Å². The minimum Gasteiger partial charge on any atom is -0.493 e. The summed E-state index contributed by atoms with van der Waals surface area (Å²) in [6.07, 6.45) is 0. The Bertz CT molecular complexity index is 1060. The number of benzene rings is 2. The molecule has 1 N–H and O–H groups in total. The Morgan fingerprint density at radius 1 is 1.13 bits per heavy atom. The quantitative estimate of drug-likeness (QED) is 0.683. The highest BCUT2D eigenvalue weighted by Crippen LogP contribution is 2.32. The molecule has 1 heterocycles. The summed E-state index contributed by atoms with van der Waals surface area (Å²) < 4.78 is 80.5. The molecule has 0 spiro atoms. The normalized spacial score (nSPS) is 15.0. The van der Waals surface area contributed by atoms with E-state index >= 15 is 0 Å². The number of rotatable bonds is 7. The van der Waals surface area contributed by atoms with Crippen molar-refractivity contribution in [3.63, 3.8) is 0 Å². The maximum atomic E-state index is 14.3. The van der Waals surface area contributed by atoms with E-state index in [0.717, 1.165) is 24.3 Å². The third kappa shape index (κ3) is 5.27. The minimum atomic E-state index is -3.95. The van der Waals surface area contributed by atoms with Crippen molar-refractivity contribution in [1.29, 1.82) is 0 Å². The predicted octanol–water partition coefficient (Wildman–Crippen LogP) is 2.71. The van der Waals surface area contributed by atoms with Crippen molar-refractivity contribution in [3.05, 3.63) is 47.8 Å². The Kier molecular flexibility index (Phi) is 7.03. The van der Waals surface area contributed by atoms with Crippen molar-refractivity contribution < 1.29 is 40.6 Å². The van der Waals surface area contributed by atoms with Crippen molar-refractivity contribution in [3.8, 4) is 11.5 Å². The molecule has 0 aromatic heterocycles. The van der Waals surface area contributed by atoms with E-state index in [4.69, 9.17) is 9.47 Å². The fourth-order valence-electron chi connectivity index (χ4n) is 2.92. The number of anilines is 1. The molecule has 2 aromatic carbocycles. The molecule has 0 unspecified atom stereocenters. The zero-order valence-electron chi connectivity index (χ0n) is 16.3. The molecule has 2 aromatic rings. The van der Waals surface area contributed by atoms with E-state index in [1.807, 2.05) is 0 Å². The van der Waals surface area contributed by atoms with E-state index in [0.29, 0.717) is 0 Å². The lowest BCUT2D eigenvalue weighted by Gasteiger charge is -2.26.